The smallest absolute Gasteiger partial charge is 0.255 e. The fraction of sp³-hybridized carbons (Fsp3) is 0.458. The standard InChI is InChI=1S/C24H26ClF2NO5S/c1-23(2,30)12-24(31)14-8-15(24)10-17(9-14)34(32,33)21-7-13(3-5-18(21)25)22(29)28-16-4-6-19(26)20(27)11-16/h3-7,11,14-15,17,30-31H,8-10,12H2,1-2H3,(H,28,29). The number of benzene rings is 2. The maximum absolute atomic E-state index is 13.4. The third kappa shape index (κ3) is 4.58. The van der Waals surface area contributed by atoms with Crippen molar-refractivity contribution >= 4 is 33.0 Å². The van der Waals surface area contributed by atoms with E-state index in [0.29, 0.717) is 6.42 Å². The summed E-state index contributed by atoms with van der Waals surface area (Å²) in [6, 6.07) is 6.71. The van der Waals surface area contributed by atoms with E-state index in [9.17, 15) is 32.2 Å². The van der Waals surface area contributed by atoms with Crippen molar-refractivity contribution in [3.63, 3.8) is 0 Å². The monoisotopic (exact) mass is 513 g/mol. The molecule has 0 spiro atoms. The molecule has 3 N–H and O–H groups in total. The van der Waals surface area contributed by atoms with Crippen molar-refractivity contribution in [1.82, 2.24) is 0 Å². The summed E-state index contributed by atoms with van der Waals surface area (Å²) in [7, 11) is -3.93. The second-order valence-corrected chi connectivity index (χ2v) is 12.6. The van der Waals surface area contributed by atoms with Gasteiger partial charge in [-0.15, -0.1) is 0 Å². The number of sulfone groups is 1. The van der Waals surface area contributed by atoms with Crippen molar-refractivity contribution in [2.45, 2.75) is 60.9 Å². The average Bonchev–Trinajstić information content (AvgIpc) is 2.75. The fourth-order valence-corrected chi connectivity index (χ4v) is 7.71. The fourth-order valence-electron chi connectivity index (χ4n) is 5.31. The first-order valence-corrected chi connectivity index (χ1v) is 12.9. The van der Waals surface area contributed by atoms with Crippen molar-refractivity contribution in [2.75, 3.05) is 5.32 Å². The highest BCUT2D eigenvalue weighted by Gasteiger charge is 2.61. The molecule has 2 aromatic rings. The molecule has 0 aliphatic heterocycles. The summed E-state index contributed by atoms with van der Waals surface area (Å²) >= 11 is 6.21. The number of aliphatic hydroxyl groups is 2. The summed E-state index contributed by atoms with van der Waals surface area (Å²) < 4.78 is 53.5. The summed E-state index contributed by atoms with van der Waals surface area (Å²) in [4.78, 5) is 12.4. The topological polar surface area (TPSA) is 104 Å². The summed E-state index contributed by atoms with van der Waals surface area (Å²) in [5.41, 5.74) is -2.16. The molecule has 2 atom stereocenters. The van der Waals surface area contributed by atoms with Crippen LogP contribution in [0.1, 0.15) is 49.9 Å². The van der Waals surface area contributed by atoms with Gasteiger partial charge in [0.25, 0.3) is 5.91 Å². The Kier molecular flexibility index (Phi) is 6.29. The number of nitrogens with one attached hydrogen (secondary N) is 1. The maximum Gasteiger partial charge on any atom is 0.255 e. The molecule has 2 aromatic carbocycles. The highest BCUT2D eigenvalue weighted by atomic mass is 35.5. The van der Waals surface area contributed by atoms with Crippen LogP contribution in [0.3, 0.4) is 0 Å². The lowest BCUT2D eigenvalue weighted by Crippen LogP contribution is -2.63. The Morgan fingerprint density at radius 3 is 2.35 bits per heavy atom. The molecular weight excluding hydrogens is 488 g/mol. The molecule has 2 bridgehead atoms. The first-order valence-electron chi connectivity index (χ1n) is 11.0. The Morgan fingerprint density at radius 2 is 1.76 bits per heavy atom. The van der Waals surface area contributed by atoms with E-state index in [2.05, 4.69) is 5.32 Å². The van der Waals surface area contributed by atoms with E-state index in [4.69, 9.17) is 11.6 Å². The number of halogens is 3. The Hall–Kier alpha value is -2.07. The number of fused-ring (bicyclic) bond motifs is 2. The van der Waals surface area contributed by atoms with E-state index in [1.165, 1.54) is 24.3 Å². The van der Waals surface area contributed by atoms with Gasteiger partial charge in [-0.05, 0) is 75.3 Å². The maximum atomic E-state index is 13.4. The number of hydrogen-bond acceptors (Lipinski definition) is 5. The molecule has 6 nitrogen and oxygen atoms in total. The van der Waals surface area contributed by atoms with Crippen LogP contribution in [0.4, 0.5) is 14.5 Å². The zero-order valence-corrected chi connectivity index (χ0v) is 20.3. The number of rotatable bonds is 6. The summed E-state index contributed by atoms with van der Waals surface area (Å²) in [6.45, 7) is 3.23. The van der Waals surface area contributed by atoms with Gasteiger partial charge in [0, 0.05) is 23.7 Å². The molecule has 0 heterocycles. The van der Waals surface area contributed by atoms with Gasteiger partial charge in [-0.1, -0.05) is 11.6 Å². The minimum Gasteiger partial charge on any atom is -0.390 e. The molecular formula is C24H26ClF2NO5S. The molecule has 2 unspecified atom stereocenters. The lowest BCUT2D eigenvalue weighted by Gasteiger charge is -2.59. The summed E-state index contributed by atoms with van der Waals surface area (Å²) in [6.07, 6.45) is 1.32. The predicted octanol–water partition coefficient (Wildman–Crippen LogP) is 4.33. The lowest BCUT2D eigenvalue weighted by atomic mass is 9.51. The molecule has 0 radical (unpaired) electrons. The van der Waals surface area contributed by atoms with E-state index in [0.717, 1.165) is 12.1 Å². The van der Waals surface area contributed by atoms with Crippen LogP contribution < -0.4 is 5.32 Å². The number of carbonyl (C=O) groups excluding carboxylic acids is 1. The first-order chi connectivity index (χ1) is 15.7. The number of hydrogen-bond donors (Lipinski definition) is 3. The third-order valence-corrected chi connectivity index (χ3v) is 9.56. The average molecular weight is 514 g/mol. The Morgan fingerprint density at radius 1 is 1.12 bits per heavy atom. The largest absolute Gasteiger partial charge is 0.390 e. The van der Waals surface area contributed by atoms with Crippen LogP contribution in [0, 0.1) is 23.5 Å². The molecule has 0 aromatic heterocycles. The van der Waals surface area contributed by atoms with E-state index in [-0.39, 0.29) is 52.3 Å². The first kappa shape index (κ1) is 25.0. The van der Waals surface area contributed by atoms with Crippen molar-refractivity contribution < 1.29 is 32.2 Å². The lowest BCUT2D eigenvalue weighted by molar-refractivity contribution is -0.203. The third-order valence-electron chi connectivity index (χ3n) is 6.91. The van der Waals surface area contributed by atoms with Crippen molar-refractivity contribution in [2.24, 2.45) is 11.8 Å². The van der Waals surface area contributed by atoms with Crippen molar-refractivity contribution in [1.29, 1.82) is 0 Å². The molecule has 0 saturated heterocycles. The number of amides is 1. The Bertz CT molecular complexity index is 1230. The Balaban J connectivity index is 1.55. The quantitative estimate of drug-likeness (QED) is 0.533. The second-order valence-electron chi connectivity index (χ2n) is 9.98. The van der Waals surface area contributed by atoms with Gasteiger partial charge in [0.15, 0.2) is 21.5 Å². The van der Waals surface area contributed by atoms with Crippen LogP contribution in [0.25, 0.3) is 0 Å². The molecule has 3 aliphatic carbocycles. The molecule has 1 amide bonds. The van der Waals surface area contributed by atoms with Gasteiger partial charge in [0.1, 0.15) is 0 Å². The van der Waals surface area contributed by atoms with Gasteiger partial charge >= 0.3 is 0 Å². The molecule has 5 rings (SSSR count). The molecule has 3 aliphatic rings. The van der Waals surface area contributed by atoms with Gasteiger partial charge in [0.05, 0.1) is 26.4 Å². The highest BCUT2D eigenvalue weighted by molar-refractivity contribution is 7.92. The van der Waals surface area contributed by atoms with Gasteiger partial charge in [-0.25, -0.2) is 17.2 Å². The van der Waals surface area contributed by atoms with Crippen LogP contribution in [0.2, 0.25) is 5.02 Å². The highest BCUT2D eigenvalue weighted by Crippen LogP contribution is 2.58. The summed E-state index contributed by atoms with van der Waals surface area (Å²) in [5, 5.41) is 22.8. The molecule has 184 valence electrons. The van der Waals surface area contributed by atoms with Gasteiger partial charge in [-0.2, -0.15) is 0 Å². The molecule has 3 saturated carbocycles. The molecule has 10 heteroatoms. The van der Waals surface area contributed by atoms with Crippen LogP contribution in [-0.2, 0) is 9.84 Å². The van der Waals surface area contributed by atoms with E-state index in [1.807, 2.05) is 0 Å². The Labute approximate surface area is 201 Å². The van der Waals surface area contributed by atoms with E-state index >= 15 is 0 Å². The van der Waals surface area contributed by atoms with Crippen molar-refractivity contribution in [3.8, 4) is 0 Å². The number of anilines is 1. The van der Waals surface area contributed by atoms with E-state index < -0.39 is 43.8 Å². The molecule has 34 heavy (non-hydrogen) atoms. The normalized spacial score (nSPS) is 26.6. The molecule has 3 fully saturated rings. The van der Waals surface area contributed by atoms with Gasteiger partial charge in [-0.3, -0.25) is 4.79 Å². The number of carbonyl (C=O) groups is 1. The van der Waals surface area contributed by atoms with Crippen LogP contribution >= 0.6 is 11.6 Å². The van der Waals surface area contributed by atoms with Crippen LogP contribution in [0.15, 0.2) is 41.3 Å². The van der Waals surface area contributed by atoms with E-state index in [1.54, 1.807) is 13.8 Å². The van der Waals surface area contributed by atoms with Gasteiger partial charge < -0.3 is 15.5 Å². The van der Waals surface area contributed by atoms with Crippen molar-refractivity contribution in [3.05, 3.63) is 58.6 Å². The van der Waals surface area contributed by atoms with Crippen LogP contribution in [0.5, 0.6) is 0 Å². The zero-order chi connectivity index (χ0) is 25.1. The minimum atomic E-state index is -3.93. The zero-order valence-electron chi connectivity index (χ0n) is 18.7. The predicted molar refractivity (Wildman–Crippen MR) is 123 cm³/mol. The SMILES string of the molecule is CC(C)(O)CC1(O)C2CC1CC(S(=O)(=O)c1cc(C(=O)Nc3ccc(F)c(F)c3)ccc1Cl)C2. The minimum absolute atomic E-state index is 0.00721. The second kappa shape index (κ2) is 8.55. The van der Waals surface area contributed by atoms with Gasteiger partial charge in [0.2, 0.25) is 0 Å². The summed E-state index contributed by atoms with van der Waals surface area (Å²) in [5.74, 6) is -3.40. The van der Waals surface area contributed by atoms with Crippen LogP contribution in [-0.4, -0.2) is 41.0 Å².